The molecular weight excluding hydrogens is 241 g/mol. The van der Waals surface area contributed by atoms with Crippen molar-refractivity contribution in [2.75, 3.05) is 13.7 Å². The fourth-order valence-electron chi connectivity index (χ4n) is 2.77. The molecule has 19 heavy (non-hydrogen) atoms. The lowest BCUT2D eigenvalue weighted by Gasteiger charge is -2.39. The Balaban J connectivity index is 2.95. The van der Waals surface area contributed by atoms with Gasteiger partial charge in [-0.15, -0.1) is 0 Å². The quantitative estimate of drug-likeness (QED) is 0.777. The molecular formula is C16H26FNO. The van der Waals surface area contributed by atoms with Crippen molar-refractivity contribution in [1.82, 2.24) is 5.32 Å². The highest BCUT2D eigenvalue weighted by Crippen LogP contribution is 2.27. The molecule has 1 unspecified atom stereocenters. The molecule has 1 rings (SSSR count). The second-order valence-corrected chi connectivity index (χ2v) is 4.84. The van der Waals surface area contributed by atoms with Gasteiger partial charge < -0.3 is 10.1 Å². The van der Waals surface area contributed by atoms with E-state index in [0.717, 1.165) is 18.4 Å². The van der Waals surface area contributed by atoms with Gasteiger partial charge in [-0.3, -0.25) is 0 Å². The molecule has 3 heteroatoms. The summed E-state index contributed by atoms with van der Waals surface area (Å²) in [4.78, 5) is 0. The summed E-state index contributed by atoms with van der Waals surface area (Å²) in [6.45, 7) is 6.95. The lowest BCUT2D eigenvalue weighted by molar-refractivity contribution is -0.0704. The van der Waals surface area contributed by atoms with Crippen LogP contribution in [0.5, 0.6) is 0 Å². The zero-order valence-electron chi connectivity index (χ0n) is 12.5. The first-order chi connectivity index (χ1) is 9.13. The van der Waals surface area contributed by atoms with E-state index in [0.29, 0.717) is 13.0 Å². The van der Waals surface area contributed by atoms with Crippen molar-refractivity contribution in [2.24, 2.45) is 0 Å². The molecule has 0 spiro atoms. The molecule has 0 saturated carbocycles. The van der Waals surface area contributed by atoms with Crippen LogP contribution in [-0.4, -0.2) is 25.3 Å². The van der Waals surface area contributed by atoms with E-state index in [1.165, 1.54) is 6.07 Å². The van der Waals surface area contributed by atoms with E-state index < -0.39 is 0 Å². The Hall–Kier alpha value is -0.930. The molecule has 108 valence electrons. The van der Waals surface area contributed by atoms with E-state index in [2.05, 4.69) is 19.2 Å². The van der Waals surface area contributed by atoms with E-state index in [-0.39, 0.29) is 17.5 Å². The fourth-order valence-corrected chi connectivity index (χ4v) is 2.77. The minimum atomic E-state index is -0.230. The van der Waals surface area contributed by atoms with Crippen LogP contribution in [0, 0.1) is 5.82 Å². The van der Waals surface area contributed by atoms with Crippen LogP contribution in [0.4, 0.5) is 4.39 Å². The topological polar surface area (TPSA) is 21.3 Å². The zero-order valence-corrected chi connectivity index (χ0v) is 12.5. The number of hydrogen-bond donors (Lipinski definition) is 1. The lowest BCUT2D eigenvalue weighted by Crippen LogP contribution is -2.52. The average molecular weight is 267 g/mol. The van der Waals surface area contributed by atoms with E-state index in [4.69, 9.17) is 4.74 Å². The first-order valence-electron chi connectivity index (χ1n) is 7.18. The first kappa shape index (κ1) is 16.1. The Morgan fingerprint density at radius 1 is 1.21 bits per heavy atom. The van der Waals surface area contributed by atoms with Gasteiger partial charge >= 0.3 is 0 Å². The van der Waals surface area contributed by atoms with Gasteiger partial charge in [-0.1, -0.05) is 32.0 Å². The number of halogens is 1. The van der Waals surface area contributed by atoms with Crippen LogP contribution in [0.2, 0.25) is 0 Å². The minimum absolute atomic E-state index is 0.111. The molecule has 1 N–H and O–H groups in total. The number of nitrogens with one attached hydrogen (secondary N) is 1. The summed E-state index contributed by atoms with van der Waals surface area (Å²) in [6.07, 6.45) is 2.47. The third kappa shape index (κ3) is 3.77. The van der Waals surface area contributed by atoms with Crippen LogP contribution in [0.3, 0.4) is 0 Å². The molecule has 1 aromatic rings. The SMILES string of the molecule is CCOC(CC)(CC)C(Cc1ccccc1F)NC. The third-order valence-electron chi connectivity index (χ3n) is 3.99. The molecule has 0 aromatic heterocycles. The highest BCUT2D eigenvalue weighted by molar-refractivity contribution is 5.19. The molecule has 0 saturated heterocycles. The van der Waals surface area contributed by atoms with Crippen LogP contribution >= 0.6 is 0 Å². The van der Waals surface area contributed by atoms with Crippen molar-refractivity contribution >= 4 is 0 Å². The molecule has 0 heterocycles. The minimum Gasteiger partial charge on any atom is -0.374 e. The monoisotopic (exact) mass is 267 g/mol. The predicted octanol–water partition coefficient (Wildman–Crippen LogP) is 3.55. The third-order valence-corrected chi connectivity index (χ3v) is 3.99. The molecule has 1 aromatic carbocycles. The van der Waals surface area contributed by atoms with Crippen LogP contribution in [0.15, 0.2) is 24.3 Å². The van der Waals surface area contributed by atoms with Gasteiger partial charge in [-0.2, -0.15) is 0 Å². The molecule has 2 nitrogen and oxygen atoms in total. The summed E-state index contributed by atoms with van der Waals surface area (Å²) in [7, 11) is 1.92. The van der Waals surface area contributed by atoms with E-state index >= 15 is 0 Å². The van der Waals surface area contributed by atoms with Gasteiger partial charge in [0.15, 0.2) is 0 Å². The molecule has 0 aliphatic carbocycles. The standard InChI is InChI=1S/C16H26FNO/c1-5-16(6-2,19-7-3)15(18-4)12-13-10-8-9-11-14(13)17/h8-11,15,18H,5-7,12H2,1-4H3. The number of ether oxygens (including phenoxy) is 1. The zero-order chi connectivity index (χ0) is 14.3. The normalized spacial score (nSPS) is 13.5. The van der Waals surface area contributed by atoms with E-state index in [9.17, 15) is 4.39 Å². The Bertz CT molecular complexity index is 377. The summed E-state index contributed by atoms with van der Waals surface area (Å²) in [5.41, 5.74) is 0.513. The second kappa shape index (κ2) is 7.61. The summed E-state index contributed by atoms with van der Waals surface area (Å²) in [5, 5.41) is 3.31. The predicted molar refractivity (Wildman–Crippen MR) is 77.9 cm³/mol. The van der Waals surface area contributed by atoms with Crippen molar-refractivity contribution in [3.8, 4) is 0 Å². The average Bonchev–Trinajstić information content (AvgIpc) is 2.44. The van der Waals surface area contributed by atoms with Crippen molar-refractivity contribution in [3.63, 3.8) is 0 Å². The number of rotatable bonds is 8. The van der Waals surface area contributed by atoms with Gasteiger partial charge in [-0.05, 0) is 44.9 Å². The van der Waals surface area contributed by atoms with Gasteiger partial charge in [0, 0.05) is 12.6 Å². The van der Waals surface area contributed by atoms with Crippen molar-refractivity contribution in [1.29, 1.82) is 0 Å². The van der Waals surface area contributed by atoms with Gasteiger partial charge in [0.2, 0.25) is 0 Å². The number of likely N-dealkylation sites (N-methyl/N-ethyl adjacent to an activating group) is 1. The highest BCUT2D eigenvalue weighted by Gasteiger charge is 2.35. The van der Waals surface area contributed by atoms with Gasteiger partial charge in [0.05, 0.1) is 5.60 Å². The summed E-state index contributed by atoms with van der Waals surface area (Å²) in [6, 6.07) is 7.08. The van der Waals surface area contributed by atoms with E-state index in [1.807, 2.05) is 26.1 Å². The van der Waals surface area contributed by atoms with Gasteiger partial charge in [0.25, 0.3) is 0 Å². The van der Waals surface area contributed by atoms with Crippen LogP contribution in [-0.2, 0) is 11.2 Å². The van der Waals surface area contributed by atoms with Crippen LogP contribution in [0.1, 0.15) is 39.2 Å². The van der Waals surface area contributed by atoms with Crippen LogP contribution < -0.4 is 5.32 Å². The maximum atomic E-state index is 13.8. The molecule has 1 atom stereocenters. The second-order valence-electron chi connectivity index (χ2n) is 4.84. The summed E-state index contributed by atoms with van der Waals surface area (Å²) in [5.74, 6) is -0.139. The summed E-state index contributed by atoms with van der Waals surface area (Å²) < 4.78 is 19.8. The Morgan fingerprint density at radius 2 is 1.84 bits per heavy atom. The molecule has 0 fully saturated rings. The Labute approximate surface area is 116 Å². The highest BCUT2D eigenvalue weighted by atomic mass is 19.1. The smallest absolute Gasteiger partial charge is 0.126 e. The molecule has 0 aliphatic rings. The molecule has 0 bridgehead atoms. The number of hydrogen-bond acceptors (Lipinski definition) is 2. The largest absolute Gasteiger partial charge is 0.374 e. The van der Waals surface area contributed by atoms with E-state index in [1.54, 1.807) is 6.07 Å². The first-order valence-corrected chi connectivity index (χ1v) is 7.18. The van der Waals surface area contributed by atoms with Gasteiger partial charge in [-0.25, -0.2) is 4.39 Å². The number of benzene rings is 1. The molecule has 0 amide bonds. The molecule has 0 radical (unpaired) electrons. The van der Waals surface area contributed by atoms with Gasteiger partial charge in [0.1, 0.15) is 5.82 Å². The van der Waals surface area contributed by atoms with Crippen LogP contribution in [0.25, 0.3) is 0 Å². The van der Waals surface area contributed by atoms with Crippen molar-refractivity contribution < 1.29 is 9.13 Å². The van der Waals surface area contributed by atoms with Crippen molar-refractivity contribution in [2.45, 2.75) is 51.7 Å². The maximum absolute atomic E-state index is 13.8. The summed E-state index contributed by atoms with van der Waals surface area (Å²) >= 11 is 0. The maximum Gasteiger partial charge on any atom is 0.126 e. The Kier molecular flexibility index (Phi) is 6.46. The Morgan fingerprint density at radius 3 is 2.32 bits per heavy atom. The lowest BCUT2D eigenvalue weighted by atomic mass is 9.84. The molecule has 0 aliphatic heterocycles. The van der Waals surface area contributed by atoms with Crippen molar-refractivity contribution in [3.05, 3.63) is 35.6 Å². The fraction of sp³-hybridized carbons (Fsp3) is 0.625.